The van der Waals surface area contributed by atoms with E-state index in [4.69, 9.17) is 0 Å². The van der Waals surface area contributed by atoms with Crippen LogP contribution in [0.4, 0.5) is 0 Å². The Morgan fingerprint density at radius 2 is 1.85 bits per heavy atom. The Morgan fingerprint density at radius 3 is 2.35 bits per heavy atom. The highest BCUT2D eigenvalue weighted by Crippen LogP contribution is 2.22. The molecule has 0 N–H and O–H groups in total. The Labute approximate surface area is 123 Å². The first-order chi connectivity index (χ1) is 9.42. The summed E-state index contributed by atoms with van der Waals surface area (Å²) in [5.41, 5.74) is 3.22. The summed E-state index contributed by atoms with van der Waals surface area (Å²) in [6.07, 6.45) is 1.29. The number of aromatic nitrogens is 1. The minimum absolute atomic E-state index is 0.277. The molecule has 1 aliphatic heterocycles. The van der Waals surface area contributed by atoms with E-state index in [2.05, 4.69) is 50.2 Å². The predicted molar refractivity (Wildman–Crippen MR) is 83.3 cm³/mol. The molecule has 0 saturated carbocycles. The van der Waals surface area contributed by atoms with Crippen LogP contribution in [-0.4, -0.2) is 34.9 Å². The third-order valence-corrected chi connectivity index (χ3v) is 4.50. The van der Waals surface area contributed by atoms with E-state index in [1.807, 2.05) is 0 Å². The quantitative estimate of drug-likeness (QED) is 0.789. The van der Waals surface area contributed by atoms with Crippen LogP contribution in [0.3, 0.4) is 0 Å². The summed E-state index contributed by atoms with van der Waals surface area (Å²) < 4.78 is 2.22. The number of Topliss-reactive ketones (excluding diaryl/α,β-unsaturated/α-hetero) is 1. The number of hydrogen-bond acceptors (Lipinski definition) is 2. The Kier molecular flexibility index (Phi) is 4.69. The van der Waals surface area contributed by atoms with E-state index in [0.717, 1.165) is 30.9 Å². The summed E-state index contributed by atoms with van der Waals surface area (Å²) in [4.78, 5) is 14.9. The monoisotopic (exact) mass is 276 g/mol. The lowest BCUT2D eigenvalue weighted by atomic mass is 9.91. The van der Waals surface area contributed by atoms with Crippen molar-refractivity contribution >= 4 is 5.78 Å². The number of rotatable bonds is 4. The van der Waals surface area contributed by atoms with Crippen molar-refractivity contribution < 1.29 is 4.79 Å². The molecule has 2 rings (SSSR count). The van der Waals surface area contributed by atoms with Crippen LogP contribution in [0, 0.1) is 25.7 Å². The zero-order valence-electron chi connectivity index (χ0n) is 13.6. The first-order valence-electron chi connectivity index (χ1n) is 7.84. The van der Waals surface area contributed by atoms with E-state index in [-0.39, 0.29) is 5.78 Å². The molecule has 1 aromatic heterocycles. The van der Waals surface area contributed by atoms with Crippen molar-refractivity contribution in [1.29, 1.82) is 0 Å². The summed E-state index contributed by atoms with van der Waals surface area (Å²) in [7, 11) is 0. The zero-order chi connectivity index (χ0) is 14.9. The molecule has 1 saturated heterocycles. The number of likely N-dealkylation sites (tertiary alicyclic amines) is 1. The number of carbonyl (C=O) groups excluding carboxylic acids is 1. The highest BCUT2D eigenvalue weighted by atomic mass is 16.1. The molecule has 1 aliphatic rings. The van der Waals surface area contributed by atoms with Gasteiger partial charge in [-0.05, 0) is 45.1 Å². The molecule has 1 fully saturated rings. The second-order valence-corrected chi connectivity index (χ2v) is 6.59. The maximum atomic E-state index is 12.6. The van der Waals surface area contributed by atoms with Crippen molar-refractivity contribution in [3.8, 4) is 0 Å². The molecule has 0 aromatic carbocycles. The zero-order valence-corrected chi connectivity index (χ0v) is 13.6. The Morgan fingerprint density at radius 1 is 1.25 bits per heavy atom. The molecule has 3 heteroatoms. The Hall–Kier alpha value is -1.09. The maximum Gasteiger partial charge on any atom is 0.178 e. The third kappa shape index (κ3) is 3.14. The van der Waals surface area contributed by atoms with Gasteiger partial charge in [0.05, 0.1) is 6.54 Å². The molecule has 2 atom stereocenters. The smallest absolute Gasteiger partial charge is 0.178 e. The first-order valence-corrected chi connectivity index (χ1v) is 7.84. The molecule has 0 radical (unpaired) electrons. The van der Waals surface area contributed by atoms with Crippen molar-refractivity contribution in [2.45, 2.75) is 47.6 Å². The van der Waals surface area contributed by atoms with Gasteiger partial charge >= 0.3 is 0 Å². The second kappa shape index (κ2) is 6.13. The van der Waals surface area contributed by atoms with Crippen LogP contribution >= 0.6 is 0 Å². The summed E-state index contributed by atoms with van der Waals surface area (Å²) in [5, 5.41) is 0. The van der Waals surface area contributed by atoms with E-state index in [1.165, 1.54) is 12.1 Å². The normalized spacial score (nSPS) is 24.1. The number of ketones is 1. The predicted octanol–water partition coefficient (Wildman–Crippen LogP) is 3.29. The van der Waals surface area contributed by atoms with Crippen molar-refractivity contribution in [3.05, 3.63) is 23.0 Å². The lowest BCUT2D eigenvalue weighted by Gasteiger charge is -2.34. The average molecular weight is 276 g/mol. The summed E-state index contributed by atoms with van der Waals surface area (Å²) >= 11 is 0. The van der Waals surface area contributed by atoms with Gasteiger partial charge in [0.2, 0.25) is 0 Å². The standard InChI is InChI=1S/C17H28N2O/c1-6-19-14(4)8-16(15(19)5)17(20)11-18-9-12(2)7-13(3)10-18/h8,12-13H,6-7,9-11H2,1-5H3. The number of piperidine rings is 1. The second-order valence-electron chi connectivity index (χ2n) is 6.59. The highest BCUT2D eigenvalue weighted by Gasteiger charge is 2.24. The van der Waals surface area contributed by atoms with Gasteiger partial charge in [-0.2, -0.15) is 0 Å². The van der Waals surface area contributed by atoms with Crippen molar-refractivity contribution in [1.82, 2.24) is 9.47 Å². The van der Waals surface area contributed by atoms with Crippen LogP contribution in [0.15, 0.2) is 6.07 Å². The molecule has 2 heterocycles. The lowest BCUT2D eigenvalue weighted by molar-refractivity contribution is 0.0849. The maximum absolute atomic E-state index is 12.6. The fourth-order valence-electron chi connectivity index (χ4n) is 3.78. The SMILES string of the molecule is CCn1c(C)cc(C(=O)CN2CC(C)CC(C)C2)c1C. The van der Waals surface area contributed by atoms with Gasteiger partial charge in [-0.15, -0.1) is 0 Å². The van der Waals surface area contributed by atoms with E-state index in [9.17, 15) is 4.79 Å². The Balaban J connectivity index is 2.08. The number of aryl methyl sites for hydroxylation is 1. The molecular weight excluding hydrogens is 248 g/mol. The van der Waals surface area contributed by atoms with Crippen LogP contribution in [0.2, 0.25) is 0 Å². The minimum atomic E-state index is 0.277. The molecule has 1 aromatic rings. The van der Waals surface area contributed by atoms with Gasteiger partial charge in [0, 0.05) is 36.6 Å². The van der Waals surface area contributed by atoms with E-state index in [0.29, 0.717) is 18.4 Å². The van der Waals surface area contributed by atoms with Crippen molar-refractivity contribution in [3.63, 3.8) is 0 Å². The summed E-state index contributed by atoms with van der Waals surface area (Å²) in [6.45, 7) is 14.5. The minimum Gasteiger partial charge on any atom is -0.349 e. The van der Waals surface area contributed by atoms with Crippen LogP contribution in [0.25, 0.3) is 0 Å². The average Bonchev–Trinajstić information content (AvgIpc) is 2.63. The molecular formula is C17H28N2O. The largest absolute Gasteiger partial charge is 0.349 e. The molecule has 0 bridgehead atoms. The topological polar surface area (TPSA) is 25.2 Å². The number of nitrogens with zero attached hydrogens (tertiary/aromatic N) is 2. The number of carbonyl (C=O) groups is 1. The number of hydrogen-bond donors (Lipinski definition) is 0. The fraction of sp³-hybridized carbons (Fsp3) is 0.706. The fourth-order valence-corrected chi connectivity index (χ4v) is 3.78. The molecule has 0 spiro atoms. The van der Waals surface area contributed by atoms with E-state index in [1.54, 1.807) is 0 Å². The first kappa shape index (κ1) is 15.3. The van der Waals surface area contributed by atoms with Crippen LogP contribution in [0.1, 0.15) is 48.9 Å². The van der Waals surface area contributed by atoms with Gasteiger partial charge in [-0.1, -0.05) is 13.8 Å². The lowest BCUT2D eigenvalue weighted by Crippen LogP contribution is -2.41. The van der Waals surface area contributed by atoms with Gasteiger partial charge in [0.1, 0.15) is 0 Å². The van der Waals surface area contributed by atoms with Crippen LogP contribution in [-0.2, 0) is 6.54 Å². The molecule has 0 amide bonds. The molecule has 112 valence electrons. The van der Waals surface area contributed by atoms with Crippen LogP contribution < -0.4 is 0 Å². The summed E-state index contributed by atoms with van der Waals surface area (Å²) in [5.74, 6) is 1.68. The highest BCUT2D eigenvalue weighted by molar-refractivity contribution is 5.99. The van der Waals surface area contributed by atoms with Gasteiger partial charge < -0.3 is 4.57 Å². The third-order valence-electron chi connectivity index (χ3n) is 4.50. The van der Waals surface area contributed by atoms with Gasteiger partial charge in [0.15, 0.2) is 5.78 Å². The Bertz CT molecular complexity index is 479. The molecule has 20 heavy (non-hydrogen) atoms. The molecule has 0 aliphatic carbocycles. The van der Waals surface area contributed by atoms with Gasteiger partial charge in [-0.3, -0.25) is 9.69 Å². The van der Waals surface area contributed by atoms with Gasteiger partial charge in [-0.25, -0.2) is 0 Å². The van der Waals surface area contributed by atoms with Gasteiger partial charge in [0.25, 0.3) is 0 Å². The van der Waals surface area contributed by atoms with E-state index >= 15 is 0 Å². The van der Waals surface area contributed by atoms with Crippen LogP contribution in [0.5, 0.6) is 0 Å². The summed E-state index contributed by atoms with van der Waals surface area (Å²) in [6, 6.07) is 2.05. The van der Waals surface area contributed by atoms with E-state index < -0.39 is 0 Å². The van der Waals surface area contributed by atoms with Crippen molar-refractivity contribution in [2.24, 2.45) is 11.8 Å². The molecule has 2 unspecified atom stereocenters. The molecule has 3 nitrogen and oxygen atoms in total. The van der Waals surface area contributed by atoms with Crippen molar-refractivity contribution in [2.75, 3.05) is 19.6 Å².